The monoisotopic (exact) mass is 361 g/mol. The first-order valence-corrected chi connectivity index (χ1v) is 8.47. The zero-order valence-corrected chi connectivity index (χ0v) is 15.7. The maximum Gasteiger partial charge on any atom is 0.173 e. The van der Waals surface area contributed by atoms with Gasteiger partial charge in [0.05, 0.1) is 5.52 Å². The molecule has 0 bridgehead atoms. The number of nitrogens with two attached hydrogens (primary N) is 1. The lowest BCUT2D eigenvalue weighted by Crippen LogP contribution is -2.24. The fraction of sp³-hybridized carbons (Fsp3) is 0.150. The second kappa shape index (κ2) is 7.43. The summed E-state index contributed by atoms with van der Waals surface area (Å²) in [6.07, 6.45) is 5.09. The van der Waals surface area contributed by atoms with Crippen LogP contribution in [0.15, 0.2) is 61.1 Å². The van der Waals surface area contributed by atoms with Crippen molar-refractivity contribution in [3.63, 3.8) is 0 Å². The lowest BCUT2D eigenvalue weighted by molar-refractivity contribution is 0.481. The van der Waals surface area contributed by atoms with Gasteiger partial charge in [-0.3, -0.25) is 15.0 Å². The Hall–Kier alpha value is -3.45. The van der Waals surface area contributed by atoms with Crippen molar-refractivity contribution in [3.8, 4) is 0 Å². The van der Waals surface area contributed by atoms with E-state index in [4.69, 9.17) is 11.3 Å². The van der Waals surface area contributed by atoms with Crippen LogP contribution in [-0.2, 0) is 0 Å². The number of hydrogen-bond acceptors (Lipinski definition) is 6. The summed E-state index contributed by atoms with van der Waals surface area (Å²) in [4.78, 5) is 8.81. The molecule has 7 nitrogen and oxygen atoms in total. The van der Waals surface area contributed by atoms with Crippen LogP contribution in [0.1, 0.15) is 12.6 Å². The molecule has 3 rings (SSSR count). The van der Waals surface area contributed by atoms with Crippen molar-refractivity contribution < 1.29 is 0 Å². The molecule has 0 amide bonds. The van der Waals surface area contributed by atoms with E-state index < -0.39 is 0 Å². The number of hydrogen-bond donors (Lipinski definition) is 3. The van der Waals surface area contributed by atoms with Crippen molar-refractivity contribution in [2.45, 2.75) is 13.8 Å². The number of aromatic nitrogens is 3. The molecule has 1 aromatic carbocycles. The number of allylic oxidation sites excluding steroid dienone is 2. The normalized spacial score (nSPS) is 11.5. The molecule has 0 fully saturated rings. The van der Waals surface area contributed by atoms with Crippen molar-refractivity contribution in [3.05, 3.63) is 72.3 Å². The molecule has 2 aromatic heterocycles. The number of nitrogens with zero attached hydrogens (tertiary/aromatic N) is 4. The number of anilines is 2. The minimum Gasteiger partial charge on any atom is -0.337 e. The van der Waals surface area contributed by atoms with Crippen LogP contribution in [0.25, 0.3) is 16.6 Å². The topological polar surface area (TPSA) is 95.8 Å². The van der Waals surface area contributed by atoms with Crippen LogP contribution in [0.2, 0.25) is 0 Å². The van der Waals surface area contributed by atoms with Crippen LogP contribution in [0.5, 0.6) is 0 Å². The third kappa shape index (κ3) is 4.04. The summed E-state index contributed by atoms with van der Waals surface area (Å²) in [6, 6.07) is 9.88. The maximum atomic E-state index is 8.49. The minimum absolute atomic E-state index is 0.206. The molecule has 27 heavy (non-hydrogen) atoms. The minimum atomic E-state index is 0.206. The molecule has 2 heterocycles. The second-order valence-electron chi connectivity index (χ2n) is 6.40. The average molecular weight is 361 g/mol. The van der Waals surface area contributed by atoms with E-state index in [1.54, 1.807) is 30.2 Å². The first-order valence-electron chi connectivity index (χ1n) is 8.47. The largest absolute Gasteiger partial charge is 0.337 e. The van der Waals surface area contributed by atoms with Crippen LogP contribution in [0.4, 0.5) is 11.5 Å². The Kier molecular flexibility index (Phi) is 5.05. The summed E-state index contributed by atoms with van der Waals surface area (Å²) in [6.45, 7) is 7.93. The first-order chi connectivity index (χ1) is 12.8. The fourth-order valence-electron chi connectivity index (χ4n) is 2.75. The molecule has 0 atom stereocenters. The quantitative estimate of drug-likeness (QED) is 0.369. The van der Waals surface area contributed by atoms with Gasteiger partial charge < -0.3 is 10.3 Å². The van der Waals surface area contributed by atoms with Crippen LogP contribution in [-0.4, -0.2) is 26.6 Å². The zero-order chi connectivity index (χ0) is 19.6. The van der Waals surface area contributed by atoms with Gasteiger partial charge in [-0.1, -0.05) is 12.6 Å². The summed E-state index contributed by atoms with van der Waals surface area (Å²) in [5.41, 5.74) is 4.46. The lowest BCUT2D eigenvalue weighted by Gasteiger charge is -2.15. The predicted octanol–water partition coefficient (Wildman–Crippen LogP) is 3.14. The fourth-order valence-corrected chi connectivity index (χ4v) is 2.75. The van der Waals surface area contributed by atoms with Gasteiger partial charge in [0.1, 0.15) is 0 Å². The number of hydrazine groups is 1. The molecule has 3 aromatic rings. The highest BCUT2D eigenvalue weighted by atomic mass is 15.4. The Bertz CT molecular complexity index is 1090. The molecule has 7 heteroatoms. The van der Waals surface area contributed by atoms with Crippen LogP contribution >= 0.6 is 0 Å². The molecule has 0 radical (unpaired) electrons. The summed E-state index contributed by atoms with van der Waals surface area (Å²) in [5.74, 6) is 6.10. The van der Waals surface area contributed by atoms with Gasteiger partial charge in [0.2, 0.25) is 0 Å². The van der Waals surface area contributed by atoms with Crippen LogP contribution < -0.4 is 16.6 Å². The van der Waals surface area contributed by atoms with Crippen LogP contribution in [0.3, 0.4) is 0 Å². The molecule has 0 unspecified atom stereocenters. The van der Waals surface area contributed by atoms with Gasteiger partial charge in [-0.15, -0.1) is 0 Å². The van der Waals surface area contributed by atoms with E-state index in [0.29, 0.717) is 11.5 Å². The maximum absolute atomic E-state index is 8.49. The van der Waals surface area contributed by atoms with E-state index in [0.717, 1.165) is 27.9 Å². The third-order valence-electron chi connectivity index (χ3n) is 4.12. The van der Waals surface area contributed by atoms with Gasteiger partial charge in [-0.2, -0.15) is 0 Å². The van der Waals surface area contributed by atoms with Crippen molar-refractivity contribution >= 4 is 28.1 Å². The van der Waals surface area contributed by atoms with E-state index in [9.17, 15) is 0 Å². The Morgan fingerprint density at radius 2 is 2.11 bits per heavy atom. The van der Waals surface area contributed by atoms with Crippen molar-refractivity contribution in [2.24, 2.45) is 5.84 Å². The molecule has 0 aliphatic heterocycles. The zero-order valence-electron chi connectivity index (χ0n) is 15.7. The van der Waals surface area contributed by atoms with E-state index in [-0.39, 0.29) is 5.49 Å². The van der Waals surface area contributed by atoms with Crippen molar-refractivity contribution in [1.29, 1.82) is 5.41 Å². The third-order valence-corrected chi connectivity index (χ3v) is 4.12. The lowest BCUT2D eigenvalue weighted by atomic mass is 10.2. The number of benzene rings is 1. The van der Waals surface area contributed by atoms with Gasteiger partial charge in [-0.05, 0) is 43.7 Å². The standard InChI is InChI=1S/C20H23N7/c1-13(12-26(4)22)15(3)27-10-9-23-20(19(27)21)25-17-7-8-18-16(11-17)6-5-14(2)24-18/h5-12,21H,3,22H2,1-2,4H3,(H,23,25)/b13-12+,21-19?. The summed E-state index contributed by atoms with van der Waals surface area (Å²) < 4.78 is 1.66. The number of nitrogens with one attached hydrogen (secondary N) is 2. The molecular formula is C20H23N7. The van der Waals surface area contributed by atoms with E-state index in [1.807, 2.05) is 44.2 Å². The molecule has 0 aliphatic carbocycles. The smallest absolute Gasteiger partial charge is 0.173 e. The molecule has 0 spiro atoms. The predicted molar refractivity (Wildman–Crippen MR) is 109 cm³/mol. The van der Waals surface area contributed by atoms with E-state index in [1.165, 1.54) is 5.01 Å². The summed E-state index contributed by atoms with van der Waals surface area (Å²) in [7, 11) is 1.73. The Balaban J connectivity index is 1.93. The Morgan fingerprint density at radius 1 is 1.33 bits per heavy atom. The molecular weight excluding hydrogens is 338 g/mol. The molecule has 138 valence electrons. The van der Waals surface area contributed by atoms with E-state index >= 15 is 0 Å². The number of fused-ring (bicyclic) bond motifs is 1. The highest BCUT2D eigenvalue weighted by Gasteiger charge is 2.07. The van der Waals surface area contributed by atoms with E-state index in [2.05, 4.69) is 21.9 Å². The van der Waals surface area contributed by atoms with Crippen molar-refractivity contribution in [1.82, 2.24) is 19.5 Å². The highest BCUT2D eigenvalue weighted by Crippen LogP contribution is 2.20. The Morgan fingerprint density at radius 3 is 2.85 bits per heavy atom. The average Bonchev–Trinajstić information content (AvgIpc) is 2.62. The van der Waals surface area contributed by atoms with Gasteiger partial charge in [-0.25, -0.2) is 10.8 Å². The number of rotatable bonds is 5. The van der Waals surface area contributed by atoms with Crippen molar-refractivity contribution in [2.75, 3.05) is 12.4 Å². The SMILES string of the molecule is C=C(/C(C)=C/N(C)N)n1ccnc(Nc2ccc3nc(C)ccc3c2)c1=N. The van der Waals surface area contributed by atoms with Gasteiger partial charge >= 0.3 is 0 Å². The molecule has 0 aliphatic rings. The van der Waals surface area contributed by atoms with Gasteiger partial charge in [0.25, 0.3) is 0 Å². The number of pyridine rings is 1. The van der Waals surface area contributed by atoms with Crippen LogP contribution in [0, 0.1) is 12.3 Å². The second-order valence-corrected chi connectivity index (χ2v) is 6.40. The van der Waals surface area contributed by atoms with Gasteiger partial charge in [0.15, 0.2) is 11.3 Å². The number of aryl methyl sites for hydroxylation is 1. The Labute approximate surface area is 158 Å². The highest BCUT2D eigenvalue weighted by molar-refractivity contribution is 5.83. The summed E-state index contributed by atoms with van der Waals surface area (Å²) >= 11 is 0. The molecule has 4 N–H and O–H groups in total. The summed E-state index contributed by atoms with van der Waals surface area (Å²) in [5, 5.41) is 14.2. The molecule has 0 saturated heterocycles. The molecule has 0 saturated carbocycles. The first kappa shape index (κ1) is 18.3. The van der Waals surface area contributed by atoms with Gasteiger partial charge in [0, 0.05) is 48.1 Å².